The van der Waals surface area contributed by atoms with Gasteiger partial charge in [-0.05, 0) is 59.7 Å². The first-order valence-corrected chi connectivity index (χ1v) is 10.8. The molecule has 29 heavy (non-hydrogen) atoms. The highest BCUT2D eigenvalue weighted by atomic mass is 16.5. The van der Waals surface area contributed by atoms with Gasteiger partial charge in [-0.2, -0.15) is 0 Å². The van der Waals surface area contributed by atoms with E-state index in [0.29, 0.717) is 12.2 Å². The number of ketones is 1. The van der Waals surface area contributed by atoms with Crippen LogP contribution >= 0.6 is 0 Å². The van der Waals surface area contributed by atoms with Crippen molar-refractivity contribution in [2.45, 2.75) is 32.2 Å². The first kappa shape index (κ1) is 17.4. The molecule has 148 valence electrons. The molecule has 1 aliphatic heterocycles. The van der Waals surface area contributed by atoms with E-state index in [0.717, 1.165) is 64.2 Å². The number of carbonyl (C=O) groups is 1. The van der Waals surface area contributed by atoms with Crippen LogP contribution in [0.1, 0.15) is 39.9 Å². The number of carbonyl (C=O) groups excluding carboxylic acids is 1. The number of nitrogens with zero attached hydrogens (tertiary/aromatic N) is 2. The lowest BCUT2D eigenvalue weighted by atomic mass is 9.97. The van der Waals surface area contributed by atoms with Crippen LogP contribution in [-0.2, 0) is 24.1 Å². The minimum atomic E-state index is 0.299. The molecule has 0 saturated carbocycles. The summed E-state index contributed by atoms with van der Waals surface area (Å²) in [6.07, 6.45) is 3.63. The summed E-state index contributed by atoms with van der Waals surface area (Å²) in [4.78, 5) is 14.9. The van der Waals surface area contributed by atoms with Gasteiger partial charge in [0.1, 0.15) is 0 Å². The summed E-state index contributed by atoms with van der Waals surface area (Å²) in [6, 6.07) is 8.80. The van der Waals surface area contributed by atoms with E-state index in [1.165, 1.54) is 44.1 Å². The van der Waals surface area contributed by atoms with Gasteiger partial charge in [0.2, 0.25) is 0 Å². The molecule has 3 aliphatic rings. The van der Waals surface area contributed by atoms with Crippen molar-refractivity contribution in [2.75, 3.05) is 32.8 Å². The largest absolute Gasteiger partial charge is 0.379 e. The van der Waals surface area contributed by atoms with Crippen molar-refractivity contribution in [1.82, 2.24) is 9.47 Å². The average Bonchev–Trinajstić information content (AvgIpc) is 3.41. The highest BCUT2D eigenvalue weighted by Gasteiger charge is 2.28. The molecular weight excluding hydrogens is 360 g/mol. The number of hydrogen-bond donors (Lipinski definition) is 0. The Morgan fingerprint density at radius 2 is 1.48 bits per heavy atom. The van der Waals surface area contributed by atoms with E-state index < -0.39 is 0 Å². The zero-order chi connectivity index (χ0) is 19.5. The maximum absolute atomic E-state index is 12.4. The van der Waals surface area contributed by atoms with Crippen molar-refractivity contribution >= 4 is 33.2 Å². The summed E-state index contributed by atoms with van der Waals surface area (Å²) >= 11 is 0. The van der Waals surface area contributed by atoms with Crippen LogP contribution in [0.25, 0.3) is 27.4 Å². The summed E-state index contributed by atoms with van der Waals surface area (Å²) in [5.41, 5.74) is 8.83. The van der Waals surface area contributed by atoms with E-state index in [1.54, 1.807) is 0 Å². The van der Waals surface area contributed by atoms with Gasteiger partial charge in [-0.1, -0.05) is 12.6 Å². The zero-order valence-electron chi connectivity index (χ0n) is 16.8. The summed E-state index contributed by atoms with van der Waals surface area (Å²) < 4.78 is 8.00. The van der Waals surface area contributed by atoms with E-state index >= 15 is 0 Å². The quantitative estimate of drug-likeness (QED) is 0.676. The van der Waals surface area contributed by atoms with Gasteiger partial charge in [-0.3, -0.25) is 9.69 Å². The fourth-order valence-corrected chi connectivity index (χ4v) is 5.61. The molecule has 4 heteroatoms. The van der Waals surface area contributed by atoms with Crippen molar-refractivity contribution < 1.29 is 9.53 Å². The van der Waals surface area contributed by atoms with Crippen LogP contribution in [0.4, 0.5) is 0 Å². The molecule has 2 aromatic carbocycles. The summed E-state index contributed by atoms with van der Waals surface area (Å²) in [5, 5.41) is 2.71. The minimum absolute atomic E-state index is 0.299. The van der Waals surface area contributed by atoms with Gasteiger partial charge in [0.25, 0.3) is 0 Å². The molecule has 2 aliphatic carbocycles. The number of morpholine rings is 1. The Morgan fingerprint density at radius 3 is 2.24 bits per heavy atom. The monoisotopic (exact) mass is 386 g/mol. The van der Waals surface area contributed by atoms with Crippen molar-refractivity contribution in [3.8, 4) is 0 Å². The van der Waals surface area contributed by atoms with Gasteiger partial charge in [0.15, 0.2) is 5.78 Å². The number of aromatic nitrogens is 1. The molecule has 2 heterocycles. The number of fused-ring (bicyclic) bond motifs is 7. The lowest BCUT2D eigenvalue weighted by molar-refractivity contribution is 0.0366. The van der Waals surface area contributed by atoms with Crippen LogP contribution in [-0.4, -0.2) is 48.1 Å². The second kappa shape index (κ2) is 6.54. The van der Waals surface area contributed by atoms with E-state index in [2.05, 4.69) is 40.3 Å². The summed E-state index contributed by atoms with van der Waals surface area (Å²) in [6.45, 7) is 9.97. The molecule has 0 N–H and O–H groups in total. The normalized spacial score (nSPS) is 19.4. The van der Waals surface area contributed by atoms with E-state index in [9.17, 15) is 4.79 Å². The fraction of sp³-hybridized carbons (Fsp3) is 0.400. The number of aryl methyl sites for hydroxylation is 2. The first-order valence-electron chi connectivity index (χ1n) is 10.8. The van der Waals surface area contributed by atoms with Crippen molar-refractivity contribution in [3.63, 3.8) is 0 Å². The smallest absolute Gasteiger partial charge is 0.163 e. The number of rotatable bonds is 3. The number of hydrogen-bond acceptors (Lipinski definition) is 3. The van der Waals surface area contributed by atoms with Crippen LogP contribution in [0.3, 0.4) is 0 Å². The second-order valence-corrected chi connectivity index (χ2v) is 8.60. The molecule has 0 radical (unpaired) electrons. The Balaban J connectivity index is 1.57. The van der Waals surface area contributed by atoms with Gasteiger partial charge in [-0.15, -0.1) is 0 Å². The van der Waals surface area contributed by atoms with Crippen molar-refractivity contribution in [2.24, 2.45) is 0 Å². The molecule has 0 unspecified atom stereocenters. The van der Waals surface area contributed by atoms with E-state index in [1.807, 2.05) is 0 Å². The minimum Gasteiger partial charge on any atom is -0.379 e. The van der Waals surface area contributed by atoms with Crippen LogP contribution < -0.4 is 0 Å². The average molecular weight is 386 g/mol. The maximum atomic E-state index is 12.4. The van der Waals surface area contributed by atoms with Crippen molar-refractivity contribution in [3.05, 3.63) is 53.1 Å². The molecule has 3 aromatic rings. The first-order chi connectivity index (χ1) is 14.2. The third-order valence-electron chi connectivity index (χ3n) is 7.12. The topological polar surface area (TPSA) is 34.5 Å². The molecule has 6 rings (SSSR count). The molecule has 1 aromatic heterocycles. The molecule has 0 spiro atoms. The van der Waals surface area contributed by atoms with Crippen LogP contribution in [0, 0.1) is 0 Å². The molecule has 1 saturated heterocycles. The van der Waals surface area contributed by atoms with Gasteiger partial charge in [0.05, 0.1) is 13.2 Å². The highest BCUT2D eigenvalue weighted by Crippen LogP contribution is 2.43. The number of ether oxygens (including phenoxy) is 1. The molecule has 4 nitrogen and oxygen atoms in total. The Kier molecular flexibility index (Phi) is 3.93. The fourth-order valence-electron chi connectivity index (χ4n) is 5.61. The highest BCUT2D eigenvalue weighted by molar-refractivity contribution is 6.17. The van der Waals surface area contributed by atoms with E-state index in [4.69, 9.17) is 4.74 Å². The van der Waals surface area contributed by atoms with Gasteiger partial charge < -0.3 is 9.30 Å². The Morgan fingerprint density at radius 1 is 0.828 bits per heavy atom. The summed E-state index contributed by atoms with van der Waals surface area (Å²) in [7, 11) is 0. The van der Waals surface area contributed by atoms with Gasteiger partial charge in [-0.25, -0.2) is 0 Å². The lowest BCUT2D eigenvalue weighted by Crippen LogP contribution is -2.38. The number of benzene rings is 2. The molecule has 0 bridgehead atoms. The molecular formula is C25H26N2O2. The lowest BCUT2D eigenvalue weighted by Gasteiger charge is -2.27. The predicted octanol–water partition coefficient (Wildman–Crippen LogP) is 4.22. The van der Waals surface area contributed by atoms with Gasteiger partial charge in [0, 0.05) is 60.0 Å². The Hall–Kier alpha value is -2.43. The van der Waals surface area contributed by atoms with Crippen LogP contribution in [0.15, 0.2) is 30.8 Å². The molecule has 0 atom stereocenters. The van der Waals surface area contributed by atoms with E-state index in [-0.39, 0.29) is 0 Å². The van der Waals surface area contributed by atoms with Gasteiger partial charge >= 0.3 is 0 Å². The second-order valence-electron chi connectivity index (χ2n) is 8.60. The third-order valence-corrected chi connectivity index (χ3v) is 7.12. The molecule has 1 fully saturated rings. The zero-order valence-corrected chi connectivity index (χ0v) is 16.8. The number of Topliss-reactive ketones (excluding diaryl/α,β-unsaturated/α-hetero) is 1. The van der Waals surface area contributed by atoms with Crippen LogP contribution in [0.5, 0.6) is 0 Å². The van der Waals surface area contributed by atoms with Crippen LogP contribution in [0.2, 0.25) is 0 Å². The number of allylic oxidation sites excluding steroid dienone is 1. The predicted molar refractivity (Wildman–Crippen MR) is 117 cm³/mol. The Labute approximate surface area is 170 Å². The standard InChI is InChI=1S/C25H26N2O2/c1-16-2-3-19-17(16)4-7-21-24(19)25-20-6-9-23(28)18(20)5-8-22(25)27(21)11-10-26-12-14-29-15-13-26/h4-5,7-8H,1-3,6,9-15H2. The Bertz CT molecular complexity index is 1100. The molecule has 0 amide bonds. The summed E-state index contributed by atoms with van der Waals surface area (Å²) in [5.74, 6) is 0.299. The third kappa shape index (κ3) is 2.55. The SMILES string of the molecule is C=C1CCc2c1ccc1c2c2c3c(ccc2n1CCN1CCOCC1)C(=O)CC3. The van der Waals surface area contributed by atoms with Crippen molar-refractivity contribution in [1.29, 1.82) is 0 Å². The maximum Gasteiger partial charge on any atom is 0.163 e.